The first-order chi connectivity index (χ1) is 12.1. The average Bonchev–Trinajstić information content (AvgIpc) is 3.00. The lowest BCUT2D eigenvalue weighted by Crippen LogP contribution is -2.42. The smallest absolute Gasteiger partial charge is 0.318 e. The zero-order chi connectivity index (χ0) is 19.3. The number of carbonyl (C=O) groups excluding carboxylic acids is 1. The third kappa shape index (κ3) is 6.27. The fraction of sp³-hybridized carbons (Fsp3) is 0.353. The summed E-state index contributed by atoms with van der Waals surface area (Å²) in [5.41, 5.74) is 0.466. The van der Waals surface area contributed by atoms with Gasteiger partial charge in [-0.15, -0.1) is 0 Å². The molecule has 0 atom stereocenters. The maximum absolute atomic E-state index is 12.5. The van der Waals surface area contributed by atoms with Crippen LogP contribution in [0.2, 0.25) is 5.02 Å². The summed E-state index contributed by atoms with van der Waals surface area (Å²) in [4.78, 5) is 14.0. The Morgan fingerprint density at radius 1 is 1.31 bits per heavy atom. The van der Waals surface area contributed by atoms with Crippen LogP contribution < -0.4 is 9.50 Å². The van der Waals surface area contributed by atoms with E-state index in [-0.39, 0.29) is 30.9 Å². The highest BCUT2D eigenvalue weighted by atomic mass is 35.5. The molecule has 0 saturated carbocycles. The number of nitrogens with zero attached hydrogens (tertiary/aromatic N) is 1. The van der Waals surface area contributed by atoms with Crippen molar-refractivity contribution in [3.63, 3.8) is 0 Å². The molecule has 0 spiro atoms. The second-order valence-corrected chi connectivity index (χ2v) is 8.09. The van der Waals surface area contributed by atoms with Crippen LogP contribution in [0.15, 0.2) is 41.0 Å². The number of carbonyl (C=O) groups is 1. The molecular formula is C17H21ClN2O5S. The van der Waals surface area contributed by atoms with E-state index >= 15 is 0 Å². The Bertz CT molecular complexity index is 850. The number of amides is 2. The molecule has 2 amide bonds. The van der Waals surface area contributed by atoms with Crippen molar-refractivity contribution in [2.24, 2.45) is 0 Å². The molecule has 0 aliphatic carbocycles. The van der Waals surface area contributed by atoms with Gasteiger partial charge in [0.1, 0.15) is 11.5 Å². The molecule has 7 nitrogen and oxygen atoms in total. The quantitative estimate of drug-likeness (QED) is 0.719. The van der Waals surface area contributed by atoms with Crippen LogP contribution in [0.5, 0.6) is 5.75 Å². The Labute approximate surface area is 158 Å². The van der Waals surface area contributed by atoms with Gasteiger partial charge in [0.25, 0.3) is 0 Å². The third-order valence-electron chi connectivity index (χ3n) is 3.25. The number of hydrogen-bond donors (Lipinski definition) is 1. The molecule has 0 aliphatic heterocycles. The van der Waals surface area contributed by atoms with Gasteiger partial charge in [0.05, 0.1) is 25.6 Å². The maximum Gasteiger partial charge on any atom is 0.318 e. The first-order valence-electron chi connectivity index (χ1n) is 7.90. The first-order valence-corrected chi connectivity index (χ1v) is 10.1. The fourth-order valence-corrected chi connectivity index (χ4v) is 2.93. The van der Waals surface area contributed by atoms with Crippen molar-refractivity contribution < 1.29 is 21.8 Å². The lowest BCUT2D eigenvalue weighted by Gasteiger charge is -2.24. The van der Waals surface area contributed by atoms with Crippen molar-refractivity contribution in [1.82, 2.24) is 10.2 Å². The Morgan fingerprint density at radius 3 is 2.62 bits per heavy atom. The van der Waals surface area contributed by atoms with Crippen LogP contribution in [-0.2, 0) is 23.2 Å². The second-order valence-electron chi connectivity index (χ2n) is 6.08. The number of hydrogen-bond acceptors (Lipinski definition) is 5. The summed E-state index contributed by atoms with van der Waals surface area (Å²) in [7, 11) is -3.72. The highest BCUT2D eigenvalue weighted by Crippen LogP contribution is 2.26. The predicted molar refractivity (Wildman–Crippen MR) is 98.5 cm³/mol. The number of benzene rings is 1. The van der Waals surface area contributed by atoms with Gasteiger partial charge < -0.3 is 18.8 Å². The third-order valence-corrected chi connectivity index (χ3v) is 3.97. The van der Waals surface area contributed by atoms with E-state index in [2.05, 4.69) is 5.32 Å². The molecule has 2 rings (SSSR count). The van der Waals surface area contributed by atoms with Crippen molar-refractivity contribution >= 4 is 27.8 Å². The van der Waals surface area contributed by atoms with Crippen molar-refractivity contribution in [2.45, 2.75) is 33.0 Å². The summed E-state index contributed by atoms with van der Waals surface area (Å²) in [5, 5.41) is 3.22. The molecular weight excluding hydrogens is 380 g/mol. The lowest BCUT2D eigenvalue weighted by molar-refractivity contribution is 0.184. The van der Waals surface area contributed by atoms with Crippen molar-refractivity contribution in [1.29, 1.82) is 0 Å². The van der Waals surface area contributed by atoms with Gasteiger partial charge >= 0.3 is 16.1 Å². The van der Waals surface area contributed by atoms with Crippen molar-refractivity contribution in [3.05, 3.63) is 52.9 Å². The zero-order valence-corrected chi connectivity index (χ0v) is 16.3. The van der Waals surface area contributed by atoms with Gasteiger partial charge in [-0.3, -0.25) is 0 Å². The predicted octanol–water partition coefficient (Wildman–Crippen LogP) is 3.39. The van der Waals surface area contributed by atoms with Crippen LogP contribution in [0.4, 0.5) is 4.79 Å². The summed E-state index contributed by atoms with van der Waals surface area (Å²) in [5.74, 6) is 0.718. The van der Waals surface area contributed by atoms with E-state index in [4.69, 9.17) is 20.2 Å². The molecule has 0 radical (unpaired) electrons. The molecule has 142 valence electrons. The van der Waals surface area contributed by atoms with E-state index in [0.717, 1.165) is 6.26 Å². The number of rotatable bonds is 7. The van der Waals surface area contributed by atoms with Crippen molar-refractivity contribution in [3.8, 4) is 5.75 Å². The molecule has 0 bridgehead atoms. The summed E-state index contributed by atoms with van der Waals surface area (Å²) in [6.45, 7) is 3.99. The summed E-state index contributed by atoms with van der Waals surface area (Å²) in [6, 6.07) is 7.66. The van der Waals surface area contributed by atoms with Crippen LogP contribution >= 0.6 is 11.6 Å². The van der Waals surface area contributed by atoms with Gasteiger partial charge in [-0.1, -0.05) is 11.6 Å². The topological polar surface area (TPSA) is 88.8 Å². The monoisotopic (exact) mass is 400 g/mol. The Hall–Kier alpha value is -2.19. The molecule has 0 saturated heterocycles. The molecule has 2 aromatic rings. The molecule has 0 fully saturated rings. The average molecular weight is 401 g/mol. The molecule has 0 unspecified atom stereocenters. The SMILES string of the molecule is CC(C)NC(=O)N(Cc1ccco1)Cc1cc(Cl)ccc1OS(C)(=O)=O. The van der Waals surface area contributed by atoms with E-state index in [1.807, 2.05) is 13.8 Å². The highest BCUT2D eigenvalue weighted by Gasteiger charge is 2.20. The van der Waals surface area contributed by atoms with E-state index in [0.29, 0.717) is 16.3 Å². The van der Waals surface area contributed by atoms with Gasteiger partial charge in [0, 0.05) is 16.6 Å². The van der Waals surface area contributed by atoms with E-state index in [1.165, 1.54) is 23.3 Å². The number of urea groups is 1. The van der Waals surface area contributed by atoms with Crippen LogP contribution in [0, 0.1) is 0 Å². The summed E-state index contributed by atoms with van der Waals surface area (Å²) >= 11 is 6.04. The largest absolute Gasteiger partial charge is 0.467 e. The molecule has 1 aromatic heterocycles. The van der Waals surface area contributed by atoms with Crippen LogP contribution in [0.25, 0.3) is 0 Å². The van der Waals surface area contributed by atoms with Gasteiger partial charge in [0.15, 0.2) is 0 Å². The lowest BCUT2D eigenvalue weighted by atomic mass is 10.2. The van der Waals surface area contributed by atoms with Gasteiger partial charge in [-0.25, -0.2) is 4.79 Å². The molecule has 1 aromatic carbocycles. The van der Waals surface area contributed by atoms with Gasteiger partial charge in [0.2, 0.25) is 0 Å². The normalized spacial score (nSPS) is 11.4. The highest BCUT2D eigenvalue weighted by molar-refractivity contribution is 7.86. The molecule has 9 heteroatoms. The van der Waals surface area contributed by atoms with Crippen molar-refractivity contribution in [2.75, 3.05) is 6.26 Å². The Morgan fingerprint density at radius 2 is 2.04 bits per heavy atom. The summed E-state index contributed by atoms with van der Waals surface area (Å²) in [6.07, 6.45) is 2.48. The van der Waals surface area contributed by atoms with E-state index in [9.17, 15) is 13.2 Å². The van der Waals surface area contributed by atoms with Gasteiger partial charge in [-0.05, 0) is 44.2 Å². The van der Waals surface area contributed by atoms with Gasteiger partial charge in [-0.2, -0.15) is 8.42 Å². The first kappa shape index (κ1) is 20.1. The molecule has 1 N–H and O–H groups in total. The Balaban J connectivity index is 2.31. The van der Waals surface area contributed by atoms with Crippen LogP contribution in [0.3, 0.4) is 0 Å². The standard InChI is InChI=1S/C17H21ClN2O5S/c1-12(2)19-17(21)20(11-15-5-4-8-24-15)10-13-9-14(18)6-7-16(13)25-26(3,22)23/h4-9,12H,10-11H2,1-3H3,(H,19,21). The zero-order valence-electron chi connectivity index (χ0n) is 14.7. The molecule has 0 aliphatic rings. The number of furan rings is 1. The van der Waals surface area contributed by atoms with E-state index < -0.39 is 10.1 Å². The Kier molecular flexibility index (Phi) is 6.55. The van der Waals surface area contributed by atoms with Crippen LogP contribution in [0.1, 0.15) is 25.2 Å². The number of nitrogens with one attached hydrogen (secondary N) is 1. The minimum Gasteiger partial charge on any atom is -0.467 e. The second kappa shape index (κ2) is 8.46. The van der Waals surface area contributed by atoms with E-state index in [1.54, 1.807) is 18.2 Å². The van der Waals surface area contributed by atoms with Crippen LogP contribution in [-0.4, -0.2) is 31.6 Å². The fourth-order valence-electron chi connectivity index (χ4n) is 2.25. The summed E-state index contributed by atoms with van der Waals surface area (Å²) < 4.78 is 33.3. The molecule has 26 heavy (non-hydrogen) atoms. The minimum absolute atomic E-state index is 0.0623. The maximum atomic E-state index is 12.5. The minimum atomic E-state index is -3.72. The number of halogens is 1. The molecule has 1 heterocycles.